The van der Waals surface area contributed by atoms with E-state index in [-0.39, 0.29) is 11.7 Å². The number of hydrogen-bond acceptors (Lipinski definition) is 5. The summed E-state index contributed by atoms with van der Waals surface area (Å²) in [5.41, 5.74) is 0.708. The van der Waals surface area contributed by atoms with Gasteiger partial charge in [-0.2, -0.15) is 0 Å². The molecule has 1 heterocycles. The van der Waals surface area contributed by atoms with Gasteiger partial charge in [0.1, 0.15) is 17.3 Å². The van der Waals surface area contributed by atoms with E-state index in [0.717, 1.165) is 0 Å². The molecule has 1 saturated carbocycles. The van der Waals surface area contributed by atoms with Crippen LogP contribution in [0.15, 0.2) is 36.7 Å². The molecule has 6 heteroatoms. The van der Waals surface area contributed by atoms with Crippen molar-refractivity contribution in [3.8, 4) is 17.4 Å². The molecule has 0 unspecified atom stereocenters. The largest absolute Gasteiger partial charge is 0.492 e. The van der Waals surface area contributed by atoms with E-state index >= 15 is 0 Å². The van der Waals surface area contributed by atoms with Crippen molar-refractivity contribution in [2.75, 3.05) is 6.61 Å². The molecule has 3 rings (SSSR count). The number of carbonyl (C=O) groups is 1. The number of Topliss-reactive ketones (excluding diaryl/α,β-unsaturated/α-hetero) is 1. The van der Waals surface area contributed by atoms with Gasteiger partial charge in [0, 0.05) is 12.5 Å². The molecule has 1 aromatic carbocycles. The van der Waals surface area contributed by atoms with Gasteiger partial charge in [0.2, 0.25) is 5.88 Å². The first-order chi connectivity index (χ1) is 13.0. The fourth-order valence-corrected chi connectivity index (χ4v) is 2.75. The second-order valence-electron chi connectivity index (χ2n) is 6.97. The maximum atomic E-state index is 11.1. The molecule has 1 fully saturated rings. The Bertz CT molecular complexity index is 817. The third-order valence-electron chi connectivity index (χ3n) is 4.15. The Morgan fingerprint density at radius 2 is 2.15 bits per heavy atom. The van der Waals surface area contributed by atoms with E-state index in [4.69, 9.17) is 21.1 Å². The van der Waals surface area contributed by atoms with Crippen LogP contribution in [-0.2, 0) is 4.79 Å². The fourth-order valence-electron chi connectivity index (χ4n) is 2.52. The summed E-state index contributed by atoms with van der Waals surface area (Å²) >= 11 is 6.26. The van der Waals surface area contributed by atoms with Crippen LogP contribution in [0.3, 0.4) is 0 Å². The summed E-state index contributed by atoms with van der Waals surface area (Å²) in [6.45, 7) is 4.30. The van der Waals surface area contributed by atoms with E-state index in [0.29, 0.717) is 47.0 Å². The van der Waals surface area contributed by atoms with Gasteiger partial charge in [-0.3, -0.25) is 0 Å². The summed E-state index contributed by atoms with van der Waals surface area (Å²) in [7, 11) is 0. The summed E-state index contributed by atoms with van der Waals surface area (Å²) in [4.78, 5) is 19.7. The van der Waals surface area contributed by atoms with Gasteiger partial charge in [-0.25, -0.2) is 9.97 Å². The van der Waals surface area contributed by atoms with Crippen molar-refractivity contribution in [2.45, 2.75) is 33.1 Å². The van der Waals surface area contributed by atoms with E-state index in [2.05, 4.69) is 9.97 Å². The lowest BCUT2D eigenvalue weighted by Gasteiger charge is -2.09. The maximum Gasteiger partial charge on any atom is 0.237 e. The molecular formula is C21H23ClN2O3. The van der Waals surface area contributed by atoms with E-state index in [9.17, 15) is 4.79 Å². The molecule has 0 bridgehead atoms. The van der Waals surface area contributed by atoms with Crippen LogP contribution >= 0.6 is 11.6 Å². The minimum atomic E-state index is 0.169. The van der Waals surface area contributed by atoms with Crippen molar-refractivity contribution >= 4 is 23.5 Å². The number of hydrogen-bond donors (Lipinski definition) is 0. The molecule has 0 saturated heterocycles. The van der Waals surface area contributed by atoms with Gasteiger partial charge < -0.3 is 14.3 Å². The van der Waals surface area contributed by atoms with Crippen LogP contribution in [0.2, 0.25) is 5.02 Å². The topological polar surface area (TPSA) is 61.3 Å². The van der Waals surface area contributed by atoms with Gasteiger partial charge in [0.25, 0.3) is 0 Å². The molecule has 0 aliphatic heterocycles. The number of carbonyl (C=O) groups excluding carboxylic acids is 1. The van der Waals surface area contributed by atoms with Crippen LogP contribution in [0, 0.1) is 11.8 Å². The zero-order valence-electron chi connectivity index (χ0n) is 15.5. The van der Waals surface area contributed by atoms with E-state index in [1.807, 2.05) is 19.1 Å². The number of ether oxygens (including phenoxy) is 2. The van der Waals surface area contributed by atoms with Crippen LogP contribution < -0.4 is 9.47 Å². The van der Waals surface area contributed by atoms with Gasteiger partial charge in [-0.05, 0) is 49.8 Å². The molecule has 27 heavy (non-hydrogen) atoms. The van der Waals surface area contributed by atoms with Crippen LogP contribution in [0.25, 0.3) is 6.08 Å². The number of allylic oxidation sites excluding steroid dienone is 1. The highest BCUT2D eigenvalue weighted by Crippen LogP contribution is 2.34. The Kier molecular flexibility index (Phi) is 6.45. The lowest BCUT2D eigenvalue weighted by atomic mass is 10.0. The molecular weight excluding hydrogens is 364 g/mol. The molecule has 142 valence electrons. The molecule has 1 atom stereocenters. The maximum absolute atomic E-state index is 11.1. The zero-order chi connectivity index (χ0) is 19.2. The van der Waals surface area contributed by atoms with Crippen LogP contribution in [0.5, 0.6) is 17.4 Å². The third kappa shape index (κ3) is 6.36. The SMILES string of the molecule is CC(=O)C[C@@H](C)/C=C/c1cnc(Oc2ccc(OCC3CC3)c(Cl)c2)cn1. The molecule has 1 aliphatic carbocycles. The first-order valence-electron chi connectivity index (χ1n) is 9.09. The normalized spacial score (nSPS) is 14.9. The monoisotopic (exact) mass is 386 g/mol. The second kappa shape index (κ2) is 9.00. The Balaban J connectivity index is 1.56. The van der Waals surface area contributed by atoms with Gasteiger partial charge in [0.05, 0.1) is 29.7 Å². The van der Waals surface area contributed by atoms with Gasteiger partial charge >= 0.3 is 0 Å². The smallest absolute Gasteiger partial charge is 0.237 e. The highest BCUT2D eigenvalue weighted by molar-refractivity contribution is 6.32. The second-order valence-corrected chi connectivity index (χ2v) is 7.38. The van der Waals surface area contributed by atoms with Crippen molar-refractivity contribution in [3.05, 3.63) is 47.4 Å². The standard InChI is InChI=1S/C21H23ClN2O3/c1-14(9-15(2)25)3-6-17-11-24-21(12-23-17)27-18-7-8-20(19(22)10-18)26-13-16-4-5-16/h3,6-8,10-12,14,16H,4-5,9,13H2,1-2H3/b6-3+/t14-/m0/s1. The van der Waals surface area contributed by atoms with Crippen molar-refractivity contribution < 1.29 is 14.3 Å². The van der Waals surface area contributed by atoms with Gasteiger partial charge in [-0.15, -0.1) is 0 Å². The van der Waals surface area contributed by atoms with Crippen molar-refractivity contribution in [2.24, 2.45) is 11.8 Å². The molecule has 0 N–H and O–H groups in total. The quantitative estimate of drug-likeness (QED) is 0.582. The number of nitrogens with zero attached hydrogens (tertiary/aromatic N) is 2. The summed E-state index contributed by atoms with van der Waals surface area (Å²) in [6, 6.07) is 5.32. The van der Waals surface area contributed by atoms with Crippen LogP contribution in [-0.4, -0.2) is 22.4 Å². The average Bonchev–Trinajstić information content (AvgIpc) is 3.44. The number of ketones is 1. The van der Waals surface area contributed by atoms with E-state index in [1.54, 1.807) is 37.5 Å². The highest BCUT2D eigenvalue weighted by Gasteiger charge is 2.22. The third-order valence-corrected chi connectivity index (χ3v) is 4.45. The Morgan fingerprint density at radius 3 is 2.78 bits per heavy atom. The number of benzene rings is 1. The fraction of sp³-hybridized carbons (Fsp3) is 0.381. The first kappa shape index (κ1) is 19.4. The molecule has 1 aliphatic rings. The summed E-state index contributed by atoms with van der Waals surface area (Å²) in [6.07, 6.45) is 9.98. The van der Waals surface area contributed by atoms with Gasteiger partial charge in [0.15, 0.2) is 0 Å². The number of rotatable bonds is 9. The van der Waals surface area contributed by atoms with Crippen LogP contribution in [0.1, 0.15) is 38.8 Å². The molecule has 0 amide bonds. The van der Waals surface area contributed by atoms with Gasteiger partial charge in [-0.1, -0.05) is 24.6 Å². The van der Waals surface area contributed by atoms with Crippen molar-refractivity contribution in [1.29, 1.82) is 0 Å². The zero-order valence-corrected chi connectivity index (χ0v) is 16.3. The summed E-state index contributed by atoms with van der Waals surface area (Å²) in [5.74, 6) is 2.64. The Morgan fingerprint density at radius 1 is 1.33 bits per heavy atom. The molecule has 5 nitrogen and oxygen atoms in total. The van der Waals surface area contributed by atoms with Crippen LogP contribution in [0.4, 0.5) is 0 Å². The predicted molar refractivity (Wildman–Crippen MR) is 105 cm³/mol. The Hall–Kier alpha value is -2.40. The molecule has 2 aromatic rings. The minimum Gasteiger partial charge on any atom is -0.492 e. The molecule has 0 radical (unpaired) electrons. The number of aromatic nitrogens is 2. The minimum absolute atomic E-state index is 0.169. The lowest BCUT2D eigenvalue weighted by molar-refractivity contribution is -0.117. The molecule has 1 aromatic heterocycles. The first-order valence-corrected chi connectivity index (χ1v) is 9.47. The highest BCUT2D eigenvalue weighted by atomic mass is 35.5. The number of halogens is 1. The predicted octanol–water partition coefficient (Wildman–Crippen LogP) is 5.34. The lowest BCUT2D eigenvalue weighted by Crippen LogP contribution is -1.99. The van der Waals surface area contributed by atoms with E-state index < -0.39 is 0 Å². The Labute approximate surface area is 164 Å². The summed E-state index contributed by atoms with van der Waals surface area (Å²) < 4.78 is 11.4. The summed E-state index contributed by atoms with van der Waals surface area (Å²) in [5, 5.41) is 0.514. The average molecular weight is 387 g/mol. The molecule has 0 spiro atoms. The van der Waals surface area contributed by atoms with Crippen molar-refractivity contribution in [3.63, 3.8) is 0 Å². The van der Waals surface area contributed by atoms with E-state index in [1.165, 1.54) is 12.8 Å². The van der Waals surface area contributed by atoms with Crippen molar-refractivity contribution in [1.82, 2.24) is 9.97 Å².